The molecule has 0 unspecified atom stereocenters. The summed E-state index contributed by atoms with van der Waals surface area (Å²) in [5.41, 5.74) is 0.0542. The molecule has 1 aliphatic heterocycles. The van der Waals surface area contributed by atoms with Crippen molar-refractivity contribution in [3.05, 3.63) is 40.4 Å². The first-order valence-corrected chi connectivity index (χ1v) is 7.98. The maximum absolute atomic E-state index is 13.5. The Kier molecular flexibility index (Phi) is 3.95. The molecular weight excluding hydrogens is 367 g/mol. The molecule has 0 amide bonds. The van der Waals surface area contributed by atoms with Crippen LogP contribution in [-0.2, 0) is 9.53 Å². The van der Waals surface area contributed by atoms with Crippen LogP contribution in [0.3, 0.4) is 0 Å². The molecule has 3 heterocycles. The van der Waals surface area contributed by atoms with Gasteiger partial charge in [0.1, 0.15) is 5.82 Å². The van der Waals surface area contributed by atoms with E-state index >= 15 is 0 Å². The highest BCUT2D eigenvalue weighted by atomic mass is 79.9. The molecule has 2 atom stereocenters. The van der Waals surface area contributed by atoms with Crippen molar-refractivity contribution in [1.82, 2.24) is 19.7 Å². The number of hydrogen-bond donors (Lipinski definition) is 0. The highest BCUT2D eigenvalue weighted by molar-refractivity contribution is 9.10. The quantitative estimate of drug-likeness (QED) is 0.745. The third kappa shape index (κ3) is 3.12. The zero-order valence-corrected chi connectivity index (χ0v) is 14.5. The summed E-state index contributed by atoms with van der Waals surface area (Å²) in [5.74, 6) is -0.187. The Morgan fingerprint density at radius 2 is 2.17 bits per heavy atom. The lowest BCUT2D eigenvalue weighted by Gasteiger charge is -2.20. The van der Waals surface area contributed by atoms with Gasteiger partial charge in [-0.3, -0.25) is 9.78 Å². The zero-order valence-electron chi connectivity index (χ0n) is 13.0. The number of nitrogens with zero attached hydrogens (tertiary/aromatic N) is 4. The number of hydrogen-bond acceptors (Lipinski definition) is 5. The van der Waals surface area contributed by atoms with Crippen LogP contribution in [0.1, 0.15) is 50.7 Å². The van der Waals surface area contributed by atoms with Crippen LogP contribution >= 0.6 is 15.9 Å². The van der Waals surface area contributed by atoms with Gasteiger partial charge in [-0.2, -0.15) is 0 Å². The summed E-state index contributed by atoms with van der Waals surface area (Å²) in [5, 5.41) is 4.28. The summed E-state index contributed by atoms with van der Waals surface area (Å²) in [6.07, 6.45) is 2.67. The van der Waals surface area contributed by atoms with Crippen LogP contribution < -0.4 is 0 Å². The number of aromatic nitrogens is 4. The number of halogens is 2. The molecule has 0 saturated heterocycles. The second kappa shape index (κ2) is 5.67. The first-order chi connectivity index (χ1) is 10.8. The number of ether oxygens (including phenoxy) is 1. The second-order valence-corrected chi connectivity index (χ2v) is 7.22. The van der Waals surface area contributed by atoms with Gasteiger partial charge in [-0.1, -0.05) is 0 Å². The first-order valence-electron chi connectivity index (χ1n) is 7.19. The summed E-state index contributed by atoms with van der Waals surface area (Å²) in [6, 6.07) is 1.13. The van der Waals surface area contributed by atoms with Gasteiger partial charge < -0.3 is 4.74 Å². The zero-order chi connectivity index (χ0) is 16.8. The van der Waals surface area contributed by atoms with Crippen molar-refractivity contribution in [2.24, 2.45) is 5.41 Å². The number of rotatable bonds is 2. The van der Waals surface area contributed by atoms with Crippen molar-refractivity contribution in [3.63, 3.8) is 0 Å². The van der Waals surface area contributed by atoms with Gasteiger partial charge in [-0.25, -0.2) is 14.1 Å². The lowest BCUT2D eigenvalue weighted by molar-refractivity contribution is -0.159. The third-order valence-electron chi connectivity index (χ3n) is 3.62. The van der Waals surface area contributed by atoms with Gasteiger partial charge in [0.25, 0.3) is 0 Å². The van der Waals surface area contributed by atoms with Gasteiger partial charge in [0.2, 0.25) is 4.73 Å². The molecule has 0 aliphatic carbocycles. The minimum absolute atomic E-state index is 0.273. The SMILES string of the molecule is CC(C)(C)C(=O)O[C@@H]1C[C@@H](c2cncc(F)c2)n2nc(Br)nc21. The van der Waals surface area contributed by atoms with Crippen molar-refractivity contribution in [2.75, 3.05) is 0 Å². The highest BCUT2D eigenvalue weighted by Crippen LogP contribution is 2.40. The largest absolute Gasteiger partial charge is 0.454 e. The number of fused-ring (bicyclic) bond motifs is 1. The van der Waals surface area contributed by atoms with Crippen LogP contribution in [0.25, 0.3) is 0 Å². The fourth-order valence-corrected chi connectivity index (χ4v) is 2.81. The molecule has 122 valence electrons. The number of carbonyl (C=O) groups excluding carboxylic acids is 1. The predicted molar refractivity (Wildman–Crippen MR) is 83.0 cm³/mol. The van der Waals surface area contributed by atoms with Gasteiger partial charge in [0.05, 0.1) is 17.7 Å². The van der Waals surface area contributed by atoms with Crippen molar-refractivity contribution in [2.45, 2.75) is 39.3 Å². The molecule has 2 aromatic heterocycles. The van der Waals surface area contributed by atoms with Crippen LogP contribution in [0.2, 0.25) is 0 Å². The number of carbonyl (C=O) groups is 1. The van der Waals surface area contributed by atoms with Gasteiger partial charge in [-0.05, 0) is 48.3 Å². The van der Waals surface area contributed by atoms with Crippen LogP contribution in [0.4, 0.5) is 4.39 Å². The minimum Gasteiger partial charge on any atom is -0.454 e. The molecular formula is C15H16BrFN4O2. The molecule has 0 radical (unpaired) electrons. The molecule has 6 nitrogen and oxygen atoms in total. The Labute approximate surface area is 141 Å². The second-order valence-electron chi connectivity index (χ2n) is 6.52. The normalized spacial score (nSPS) is 20.4. The van der Waals surface area contributed by atoms with Crippen molar-refractivity contribution in [1.29, 1.82) is 0 Å². The molecule has 23 heavy (non-hydrogen) atoms. The average Bonchev–Trinajstić information content (AvgIpc) is 2.96. The summed E-state index contributed by atoms with van der Waals surface area (Å²) in [4.78, 5) is 20.3. The van der Waals surface area contributed by atoms with Crippen LogP contribution in [0.15, 0.2) is 23.2 Å². The maximum Gasteiger partial charge on any atom is 0.311 e. The van der Waals surface area contributed by atoms with Gasteiger partial charge in [-0.15, -0.1) is 5.10 Å². The van der Waals surface area contributed by atoms with Gasteiger partial charge in [0.15, 0.2) is 11.9 Å². The summed E-state index contributed by atoms with van der Waals surface area (Å²) < 4.78 is 21.1. The summed E-state index contributed by atoms with van der Waals surface area (Å²) >= 11 is 3.23. The van der Waals surface area contributed by atoms with E-state index in [1.54, 1.807) is 31.6 Å². The van der Waals surface area contributed by atoms with Crippen LogP contribution in [0.5, 0.6) is 0 Å². The maximum atomic E-state index is 13.5. The Bertz CT molecular complexity index is 756. The number of esters is 1. The van der Waals surface area contributed by atoms with Crippen molar-refractivity contribution < 1.29 is 13.9 Å². The Morgan fingerprint density at radius 1 is 1.43 bits per heavy atom. The van der Waals surface area contributed by atoms with E-state index in [-0.39, 0.29) is 12.0 Å². The summed E-state index contributed by atoms with van der Waals surface area (Å²) in [6.45, 7) is 5.37. The van der Waals surface area contributed by atoms with E-state index in [0.29, 0.717) is 22.5 Å². The van der Waals surface area contributed by atoms with Gasteiger partial charge in [0, 0.05) is 12.6 Å². The smallest absolute Gasteiger partial charge is 0.311 e. The van der Waals surface area contributed by atoms with Gasteiger partial charge >= 0.3 is 5.97 Å². The Morgan fingerprint density at radius 3 is 2.83 bits per heavy atom. The molecule has 0 aromatic carbocycles. The van der Waals surface area contributed by atoms with Crippen molar-refractivity contribution in [3.8, 4) is 0 Å². The lowest BCUT2D eigenvalue weighted by Crippen LogP contribution is -2.24. The molecule has 0 N–H and O–H groups in total. The molecule has 0 spiro atoms. The highest BCUT2D eigenvalue weighted by Gasteiger charge is 2.39. The molecule has 1 aliphatic rings. The molecule has 0 bridgehead atoms. The topological polar surface area (TPSA) is 69.9 Å². The van der Waals surface area contributed by atoms with E-state index in [4.69, 9.17) is 4.74 Å². The molecule has 8 heteroatoms. The standard InChI is InChI=1S/C15H16BrFN4O2/c1-15(2,3)13(22)23-11-5-10(8-4-9(17)7-18-6-8)21-12(11)19-14(16)20-21/h4,6-7,10-11H,5H2,1-3H3/t10-,11+/m0/s1. The monoisotopic (exact) mass is 382 g/mol. The van der Waals surface area contributed by atoms with Crippen molar-refractivity contribution >= 4 is 21.9 Å². The predicted octanol–water partition coefficient (Wildman–Crippen LogP) is 3.20. The molecule has 0 fully saturated rings. The average molecular weight is 383 g/mol. The van der Waals surface area contributed by atoms with E-state index in [1.165, 1.54) is 6.07 Å². The lowest BCUT2D eigenvalue weighted by atomic mass is 9.97. The fourth-order valence-electron chi connectivity index (χ4n) is 2.46. The molecule has 3 rings (SSSR count). The minimum atomic E-state index is -0.611. The third-order valence-corrected chi connectivity index (χ3v) is 3.96. The Hall–Kier alpha value is -1.83. The van der Waals surface area contributed by atoms with E-state index in [2.05, 4.69) is 31.0 Å². The number of pyridine rings is 1. The van der Waals surface area contributed by atoms with E-state index < -0.39 is 17.3 Å². The Balaban J connectivity index is 1.92. The fraction of sp³-hybridized carbons (Fsp3) is 0.467. The molecule has 2 aromatic rings. The first kappa shape index (κ1) is 16.0. The summed E-state index contributed by atoms with van der Waals surface area (Å²) in [7, 11) is 0. The van der Waals surface area contributed by atoms with E-state index in [9.17, 15) is 9.18 Å². The van der Waals surface area contributed by atoms with Crippen LogP contribution in [0, 0.1) is 11.2 Å². The van der Waals surface area contributed by atoms with E-state index in [0.717, 1.165) is 6.20 Å². The molecule has 0 saturated carbocycles. The van der Waals surface area contributed by atoms with E-state index in [1.807, 2.05) is 0 Å². The van der Waals surface area contributed by atoms with Crippen LogP contribution in [-0.4, -0.2) is 25.7 Å².